The van der Waals surface area contributed by atoms with Gasteiger partial charge in [0, 0.05) is 23.8 Å². The van der Waals surface area contributed by atoms with Crippen molar-refractivity contribution in [3.8, 4) is 5.75 Å². The van der Waals surface area contributed by atoms with Gasteiger partial charge in [0.25, 0.3) is 5.91 Å². The Kier molecular flexibility index (Phi) is 5.03. The third-order valence-electron chi connectivity index (χ3n) is 3.04. The van der Waals surface area contributed by atoms with Gasteiger partial charge in [0.2, 0.25) is 0 Å². The monoisotopic (exact) mass is 296 g/mol. The van der Waals surface area contributed by atoms with E-state index in [0.29, 0.717) is 11.1 Å². The molecule has 5 nitrogen and oxygen atoms in total. The normalized spacial score (nSPS) is 10.6. The van der Waals surface area contributed by atoms with Crippen LogP contribution in [0.25, 0.3) is 0 Å². The van der Waals surface area contributed by atoms with Gasteiger partial charge in [0.15, 0.2) is 5.78 Å². The fraction of sp³-hybridized carbons (Fsp3) is 0.118. The molecule has 0 bridgehead atoms. The van der Waals surface area contributed by atoms with Gasteiger partial charge in [0.05, 0.1) is 0 Å². The number of ketones is 1. The molecular weight excluding hydrogens is 280 g/mol. The van der Waals surface area contributed by atoms with E-state index in [2.05, 4.69) is 10.5 Å². The molecule has 22 heavy (non-hydrogen) atoms. The fourth-order valence-corrected chi connectivity index (χ4v) is 1.77. The van der Waals surface area contributed by atoms with Gasteiger partial charge in [0.1, 0.15) is 5.75 Å². The van der Waals surface area contributed by atoms with E-state index in [0.717, 1.165) is 5.56 Å². The molecule has 2 aromatic carbocycles. The van der Waals surface area contributed by atoms with Crippen molar-refractivity contribution in [3.63, 3.8) is 0 Å². The smallest absolute Gasteiger partial charge is 0.271 e. The maximum atomic E-state index is 11.9. The number of carbonyl (C=O) groups is 2. The molecule has 0 aromatic heterocycles. The van der Waals surface area contributed by atoms with Gasteiger partial charge < -0.3 is 5.11 Å². The Balaban J connectivity index is 1.85. The molecule has 0 radical (unpaired) electrons. The second kappa shape index (κ2) is 7.17. The highest BCUT2D eigenvalue weighted by atomic mass is 16.3. The molecular formula is C17H16N2O3. The first kappa shape index (κ1) is 15.4. The summed E-state index contributed by atoms with van der Waals surface area (Å²) in [7, 11) is 0. The number of nitrogens with one attached hydrogen (secondary N) is 1. The van der Waals surface area contributed by atoms with E-state index < -0.39 is 5.91 Å². The Labute approximate surface area is 128 Å². The average molecular weight is 296 g/mol. The van der Waals surface area contributed by atoms with E-state index in [9.17, 15) is 9.59 Å². The third kappa shape index (κ3) is 4.28. The Morgan fingerprint density at radius 3 is 2.27 bits per heavy atom. The third-order valence-corrected chi connectivity index (χ3v) is 3.04. The van der Waals surface area contributed by atoms with Gasteiger partial charge in [-0.2, -0.15) is 5.10 Å². The summed E-state index contributed by atoms with van der Waals surface area (Å²) in [4.78, 5) is 23.6. The van der Waals surface area contributed by atoms with Crippen molar-refractivity contribution < 1.29 is 14.7 Å². The summed E-state index contributed by atoms with van der Waals surface area (Å²) in [6, 6.07) is 13.1. The first-order chi connectivity index (χ1) is 10.6. The van der Waals surface area contributed by atoms with E-state index in [1.807, 2.05) is 19.1 Å². The molecule has 0 heterocycles. The molecule has 112 valence electrons. The summed E-state index contributed by atoms with van der Waals surface area (Å²) in [5.74, 6) is -0.384. The van der Waals surface area contributed by atoms with Gasteiger partial charge >= 0.3 is 0 Å². The number of hydrogen-bond donors (Lipinski definition) is 2. The maximum Gasteiger partial charge on any atom is 0.271 e. The number of hydrogen-bond acceptors (Lipinski definition) is 4. The van der Waals surface area contributed by atoms with Crippen molar-refractivity contribution >= 4 is 17.9 Å². The lowest BCUT2D eigenvalue weighted by molar-refractivity contribution is 0.0951. The maximum absolute atomic E-state index is 11.9. The molecule has 0 aliphatic rings. The van der Waals surface area contributed by atoms with Crippen molar-refractivity contribution in [3.05, 3.63) is 65.2 Å². The highest BCUT2D eigenvalue weighted by Gasteiger charge is 2.05. The summed E-state index contributed by atoms with van der Waals surface area (Å²) in [6.45, 7) is 1.95. The van der Waals surface area contributed by atoms with E-state index in [1.54, 1.807) is 12.1 Å². The molecule has 5 heteroatoms. The number of nitrogens with zero attached hydrogens (tertiary/aromatic N) is 1. The zero-order valence-electron chi connectivity index (χ0n) is 12.1. The molecule has 0 saturated heterocycles. The molecule has 0 aliphatic carbocycles. The van der Waals surface area contributed by atoms with Crippen molar-refractivity contribution in [1.29, 1.82) is 0 Å². The van der Waals surface area contributed by atoms with Crippen molar-refractivity contribution in [2.24, 2.45) is 5.10 Å². The van der Waals surface area contributed by atoms with Crippen LogP contribution in [0.2, 0.25) is 0 Å². The summed E-state index contributed by atoms with van der Waals surface area (Å²) in [5.41, 5.74) is 4.41. The number of aromatic hydroxyl groups is 1. The summed E-state index contributed by atoms with van der Waals surface area (Å²) >= 11 is 0. The summed E-state index contributed by atoms with van der Waals surface area (Å²) in [6.07, 6.45) is 1.47. The highest BCUT2D eigenvalue weighted by Crippen LogP contribution is 2.09. The molecule has 0 atom stereocenters. The first-order valence-electron chi connectivity index (χ1n) is 6.77. The number of hydrazone groups is 1. The zero-order valence-corrected chi connectivity index (χ0v) is 12.1. The van der Waals surface area contributed by atoms with Crippen molar-refractivity contribution in [2.75, 3.05) is 0 Å². The molecule has 0 aliphatic heterocycles. The number of Topliss-reactive ketones (excluding diaryl/α,β-unsaturated/α-hetero) is 1. The number of phenols is 1. The van der Waals surface area contributed by atoms with Crippen LogP contribution in [0.4, 0.5) is 0 Å². The minimum atomic E-state index is -0.404. The van der Waals surface area contributed by atoms with Crippen molar-refractivity contribution in [2.45, 2.75) is 13.3 Å². The lowest BCUT2D eigenvalue weighted by atomic mass is 10.1. The molecule has 0 unspecified atom stereocenters. The minimum absolute atomic E-state index is 0.0670. The summed E-state index contributed by atoms with van der Waals surface area (Å²) in [5, 5.41) is 12.9. The molecule has 0 saturated carbocycles. The molecule has 0 fully saturated rings. The predicted octanol–water partition coefficient (Wildman–Crippen LogP) is 2.69. The molecule has 2 aromatic rings. The van der Waals surface area contributed by atoms with Crippen molar-refractivity contribution in [1.82, 2.24) is 5.43 Å². The zero-order chi connectivity index (χ0) is 15.9. The topological polar surface area (TPSA) is 78.8 Å². The van der Waals surface area contributed by atoms with Crippen LogP contribution >= 0.6 is 0 Å². The quantitative estimate of drug-likeness (QED) is 0.506. The van der Waals surface area contributed by atoms with Gasteiger partial charge in [-0.05, 0) is 31.2 Å². The van der Waals surface area contributed by atoms with Crippen LogP contribution in [0, 0.1) is 6.92 Å². The number of rotatable bonds is 5. The largest absolute Gasteiger partial charge is 0.508 e. The first-order valence-corrected chi connectivity index (χ1v) is 6.77. The molecule has 2 N–H and O–H groups in total. The van der Waals surface area contributed by atoms with Gasteiger partial charge in [-0.3, -0.25) is 9.59 Å². The van der Waals surface area contributed by atoms with Crippen LogP contribution in [0.3, 0.4) is 0 Å². The van der Waals surface area contributed by atoms with E-state index in [1.165, 1.54) is 30.5 Å². The average Bonchev–Trinajstić information content (AvgIpc) is 2.52. The molecule has 0 spiro atoms. The van der Waals surface area contributed by atoms with Crippen LogP contribution in [0.15, 0.2) is 53.6 Å². The van der Waals surface area contributed by atoms with E-state index in [4.69, 9.17) is 5.11 Å². The Morgan fingerprint density at radius 2 is 1.64 bits per heavy atom. The van der Waals surface area contributed by atoms with Crippen LogP contribution in [-0.2, 0) is 0 Å². The van der Waals surface area contributed by atoms with Crippen LogP contribution in [0.5, 0.6) is 5.75 Å². The Morgan fingerprint density at radius 1 is 1.05 bits per heavy atom. The highest BCUT2D eigenvalue weighted by molar-refractivity contribution is 6.03. The Bertz CT molecular complexity index is 627. The fourth-order valence-electron chi connectivity index (χ4n) is 1.77. The van der Waals surface area contributed by atoms with Crippen LogP contribution < -0.4 is 5.43 Å². The number of phenolic OH excluding ortho intramolecular Hbond substituents is 1. The number of benzene rings is 2. The lowest BCUT2D eigenvalue weighted by Gasteiger charge is -2.00. The second-order valence-electron chi connectivity index (χ2n) is 4.79. The lowest BCUT2D eigenvalue weighted by Crippen LogP contribution is -2.17. The number of carbonyl (C=O) groups excluding carboxylic acids is 2. The number of aryl methyl sites for hydroxylation is 1. The van der Waals surface area contributed by atoms with Gasteiger partial charge in [-0.15, -0.1) is 0 Å². The predicted molar refractivity (Wildman–Crippen MR) is 84.2 cm³/mol. The van der Waals surface area contributed by atoms with E-state index in [-0.39, 0.29) is 18.0 Å². The molecule has 1 amide bonds. The van der Waals surface area contributed by atoms with Gasteiger partial charge in [-0.1, -0.05) is 29.8 Å². The second-order valence-corrected chi connectivity index (χ2v) is 4.79. The van der Waals surface area contributed by atoms with Gasteiger partial charge in [-0.25, -0.2) is 5.43 Å². The summed E-state index contributed by atoms with van der Waals surface area (Å²) < 4.78 is 0. The standard InChI is InChI=1S/C17H16N2O3/c1-12-2-4-13(5-3-12)16(21)10-11-18-19-17(22)14-6-8-15(20)9-7-14/h2-9,11,20H,10H2,1H3,(H,19,22). The number of amides is 1. The SMILES string of the molecule is Cc1ccc(C(=O)CC=NNC(=O)c2ccc(O)cc2)cc1. The van der Waals surface area contributed by atoms with Crippen LogP contribution in [0.1, 0.15) is 32.7 Å². The molecule has 2 rings (SSSR count). The van der Waals surface area contributed by atoms with Crippen LogP contribution in [-0.4, -0.2) is 23.0 Å². The van der Waals surface area contributed by atoms with E-state index >= 15 is 0 Å². The minimum Gasteiger partial charge on any atom is -0.508 e. The Hall–Kier alpha value is -2.95.